The van der Waals surface area contributed by atoms with Crippen LogP contribution >= 0.6 is 0 Å². The fourth-order valence-electron chi connectivity index (χ4n) is 1.37. The molecule has 1 aromatic rings. The van der Waals surface area contributed by atoms with Crippen molar-refractivity contribution in [1.29, 1.82) is 0 Å². The number of aromatic carboxylic acids is 1. The van der Waals surface area contributed by atoms with Crippen LogP contribution < -0.4 is 16.0 Å². The maximum absolute atomic E-state index is 11.5. The molecule has 0 unspecified atom stereocenters. The first-order chi connectivity index (χ1) is 8.63. The predicted octanol–water partition coefficient (Wildman–Crippen LogP) is 1.12. The van der Waals surface area contributed by atoms with Crippen molar-refractivity contribution in [2.24, 2.45) is 0 Å². The number of rotatable bonds is 6. The van der Waals surface area contributed by atoms with E-state index in [0.29, 0.717) is 12.2 Å². The zero-order chi connectivity index (χ0) is 13.4. The van der Waals surface area contributed by atoms with Gasteiger partial charge < -0.3 is 21.1 Å². The minimum absolute atomic E-state index is 0.142. The summed E-state index contributed by atoms with van der Waals surface area (Å²) < 4.78 is 0. The molecule has 0 aliphatic rings. The Balaban J connectivity index is 2.44. The molecule has 1 aromatic carbocycles. The van der Waals surface area contributed by atoms with Gasteiger partial charge in [0.1, 0.15) is 0 Å². The standard InChI is InChI=1S/C12H17N3O3/c1-13-6-3-7-14-12(18)15-10-5-2-4-9(8-10)11(16)17/h2,4-5,8,13H,3,6-7H2,1H3,(H,16,17)(H2,14,15,18). The van der Waals surface area contributed by atoms with Crippen molar-refractivity contribution in [1.82, 2.24) is 10.6 Å². The zero-order valence-corrected chi connectivity index (χ0v) is 10.2. The molecule has 0 bridgehead atoms. The molecule has 0 aromatic heterocycles. The topological polar surface area (TPSA) is 90.5 Å². The van der Waals surface area contributed by atoms with Crippen LogP contribution in [-0.2, 0) is 0 Å². The van der Waals surface area contributed by atoms with E-state index in [2.05, 4.69) is 16.0 Å². The van der Waals surface area contributed by atoms with Crippen molar-refractivity contribution in [3.8, 4) is 0 Å². The largest absolute Gasteiger partial charge is 0.478 e. The van der Waals surface area contributed by atoms with Crippen molar-refractivity contribution >= 4 is 17.7 Å². The fraction of sp³-hybridized carbons (Fsp3) is 0.333. The van der Waals surface area contributed by atoms with Gasteiger partial charge in [0.05, 0.1) is 5.56 Å². The third-order valence-corrected chi connectivity index (χ3v) is 2.26. The fourth-order valence-corrected chi connectivity index (χ4v) is 1.37. The summed E-state index contributed by atoms with van der Waals surface area (Å²) in [5.41, 5.74) is 0.601. The van der Waals surface area contributed by atoms with Crippen LogP contribution in [0.5, 0.6) is 0 Å². The summed E-state index contributed by atoms with van der Waals surface area (Å²) in [6.07, 6.45) is 0.832. The number of hydrogen-bond acceptors (Lipinski definition) is 3. The molecule has 0 atom stereocenters. The number of urea groups is 1. The van der Waals surface area contributed by atoms with Crippen LogP contribution in [0, 0.1) is 0 Å². The van der Waals surface area contributed by atoms with Gasteiger partial charge in [-0.25, -0.2) is 9.59 Å². The van der Waals surface area contributed by atoms with E-state index in [1.807, 2.05) is 7.05 Å². The molecule has 4 N–H and O–H groups in total. The molecular weight excluding hydrogens is 234 g/mol. The molecule has 18 heavy (non-hydrogen) atoms. The van der Waals surface area contributed by atoms with Gasteiger partial charge in [-0.1, -0.05) is 6.07 Å². The van der Waals surface area contributed by atoms with E-state index in [-0.39, 0.29) is 11.6 Å². The van der Waals surface area contributed by atoms with Crippen molar-refractivity contribution < 1.29 is 14.7 Å². The summed E-state index contributed by atoms with van der Waals surface area (Å²) >= 11 is 0. The number of amides is 2. The molecule has 0 saturated carbocycles. The number of hydrogen-bond donors (Lipinski definition) is 4. The lowest BCUT2D eigenvalue weighted by Crippen LogP contribution is -2.30. The van der Waals surface area contributed by atoms with Crippen molar-refractivity contribution in [3.05, 3.63) is 29.8 Å². The number of carboxylic acids is 1. The Morgan fingerprint density at radius 2 is 2.06 bits per heavy atom. The highest BCUT2D eigenvalue weighted by Gasteiger charge is 2.05. The predicted molar refractivity (Wildman–Crippen MR) is 69.0 cm³/mol. The highest BCUT2D eigenvalue weighted by Crippen LogP contribution is 2.10. The third-order valence-electron chi connectivity index (χ3n) is 2.26. The summed E-state index contributed by atoms with van der Waals surface area (Å²) in [6.45, 7) is 1.39. The molecule has 1 rings (SSSR count). The molecule has 0 aliphatic heterocycles. The number of carboxylic acid groups (broad SMARTS) is 1. The van der Waals surface area contributed by atoms with Crippen LogP contribution in [0.25, 0.3) is 0 Å². The molecule has 0 aliphatic carbocycles. The van der Waals surface area contributed by atoms with Crippen LogP contribution in [0.15, 0.2) is 24.3 Å². The van der Waals surface area contributed by atoms with Crippen molar-refractivity contribution in [3.63, 3.8) is 0 Å². The molecule has 0 fully saturated rings. The number of benzene rings is 1. The minimum Gasteiger partial charge on any atom is -0.478 e. The number of anilines is 1. The summed E-state index contributed by atoms with van der Waals surface area (Å²) in [6, 6.07) is 5.77. The number of nitrogens with one attached hydrogen (secondary N) is 3. The zero-order valence-electron chi connectivity index (χ0n) is 10.2. The molecule has 0 saturated heterocycles. The Hall–Kier alpha value is -2.08. The van der Waals surface area contributed by atoms with Crippen LogP contribution in [0.2, 0.25) is 0 Å². The summed E-state index contributed by atoms with van der Waals surface area (Å²) in [5, 5.41) is 17.0. The van der Waals surface area contributed by atoms with Crippen molar-refractivity contribution in [2.45, 2.75) is 6.42 Å². The lowest BCUT2D eigenvalue weighted by Gasteiger charge is -2.07. The van der Waals surface area contributed by atoms with E-state index in [4.69, 9.17) is 5.11 Å². The Labute approximate surface area is 105 Å². The summed E-state index contributed by atoms with van der Waals surface area (Å²) in [5.74, 6) is -1.02. The smallest absolute Gasteiger partial charge is 0.335 e. The molecule has 0 spiro atoms. The van der Waals surface area contributed by atoms with Gasteiger partial charge in [0.15, 0.2) is 0 Å². The van der Waals surface area contributed by atoms with Gasteiger partial charge >= 0.3 is 12.0 Å². The Morgan fingerprint density at radius 3 is 2.72 bits per heavy atom. The normalized spacial score (nSPS) is 9.83. The van der Waals surface area contributed by atoms with E-state index in [1.165, 1.54) is 12.1 Å². The molecule has 0 heterocycles. The van der Waals surface area contributed by atoms with E-state index in [9.17, 15) is 9.59 Å². The van der Waals surface area contributed by atoms with Crippen LogP contribution in [0.3, 0.4) is 0 Å². The highest BCUT2D eigenvalue weighted by molar-refractivity contribution is 5.93. The quantitative estimate of drug-likeness (QED) is 0.570. The number of carbonyl (C=O) groups is 2. The van der Waals surface area contributed by atoms with E-state index in [1.54, 1.807) is 12.1 Å². The van der Waals surface area contributed by atoms with Gasteiger partial charge in [0, 0.05) is 12.2 Å². The Bertz CT molecular complexity index is 421. The second-order valence-electron chi connectivity index (χ2n) is 3.72. The van der Waals surface area contributed by atoms with E-state index >= 15 is 0 Å². The van der Waals surface area contributed by atoms with Gasteiger partial charge in [-0.05, 0) is 38.2 Å². The van der Waals surface area contributed by atoms with Crippen LogP contribution in [0.4, 0.5) is 10.5 Å². The SMILES string of the molecule is CNCCCNC(=O)Nc1cccc(C(=O)O)c1. The van der Waals surface area contributed by atoms with Crippen LogP contribution in [0.1, 0.15) is 16.8 Å². The maximum atomic E-state index is 11.5. The Morgan fingerprint density at radius 1 is 1.28 bits per heavy atom. The van der Waals surface area contributed by atoms with Gasteiger partial charge in [0.25, 0.3) is 0 Å². The lowest BCUT2D eigenvalue weighted by atomic mass is 10.2. The van der Waals surface area contributed by atoms with E-state index < -0.39 is 5.97 Å². The molecule has 98 valence electrons. The molecule has 0 radical (unpaired) electrons. The second kappa shape index (κ2) is 7.29. The molecule has 6 nitrogen and oxygen atoms in total. The third kappa shape index (κ3) is 4.84. The van der Waals surface area contributed by atoms with Crippen molar-refractivity contribution in [2.75, 3.05) is 25.5 Å². The average Bonchev–Trinajstić information content (AvgIpc) is 2.35. The molecular formula is C12H17N3O3. The van der Waals surface area contributed by atoms with Gasteiger partial charge in [0.2, 0.25) is 0 Å². The van der Waals surface area contributed by atoms with Gasteiger partial charge in [-0.2, -0.15) is 0 Å². The monoisotopic (exact) mass is 251 g/mol. The second-order valence-corrected chi connectivity index (χ2v) is 3.72. The minimum atomic E-state index is -1.02. The molecule has 2 amide bonds. The van der Waals surface area contributed by atoms with Gasteiger partial charge in [-0.3, -0.25) is 0 Å². The summed E-state index contributed by atoms with van der Waals surface area (Å²) in [7, 11) is 1.84. The summed E-state index contributed by atoms with van der Waals surface area (Å²) in [4.78, 5) is 22.2. The first-order valence-corrected chi connectivity index (χ1v) is 5.66. The van der Waals surface area contributed by atoms with E-state index in [0.717, 1.165) is 13.0 Å². The lowest BCUT2D eigenvalue weighted by molar-refractivity contribution is 0.0697. The van der Waals surface area contributed by atoms with Crippen LogP contribution in [-0.4, -0.2) is 37.2 Å². The first kappa shape index (κ1) is 14.0. The highest BCUT2D eigenvalue weighted by atomic mass is 16.4. The maximum Gasteiger partial charge on any atom is 0.335 e. The Kier molecular flexibility index (Phi) is 5.66. The molecule has 6 heteroatoms. The first-order valence-electron chi connectivity index (χ1n) is 5.66. The van der Waals surface area contributed by atoms with Gasteiger partial charge in [-0.15, -0.1) is 0 Å². The average molecular weight is 251 g/mol. The number of carbonyl (C=O) groups excluding carboxylic acids is 1.